The van der Waals surface area contributed by atoms with Crippen LogP contribution in [0.1, 0.15) is 25.5 Å². The minimum atomic E-state index is 0.535. The Kier molecular flexibility index (Phi) is 2.67. The maximum atomic E-state index is 4.29. The fraction of sp³-hybridized carbons (Fsp3) is 0.667. The summed E-state index contributed by atoms with van der Waals surface area (Å²) in [6.07, 6.45) is 2.41. The molecular formula is C9H13BrN4. The molecule has 0 aliphatic heterocycles. The molecule has 14 heavy (non-hydrogen) atoms. The van der Waals surface area contributed by atoms with Crippen LogP contribution < -0.4 is 5.32 Å². The van der Waals surface area contributed by atoms with Gasteiger partial charge in [0.1, 0.15) is 4.60 Å². The molecule has 1 N–H and O–H groups in total. The Bertz CT molecular complexity index is 336. The van der Waals surface area contributed by atoms with Gasteiger partial charge >= 0.3 is 0 Å². The first-order valence-electron chi connectivity index (χ1n) is 4.78. The fourth-order valence-electron chi connectivity index (χ4n) is 1.65. The minimum absolute atomic E-state index is 0.535. The molecule has 0 saturated heterocycles. The Morgan fingerprint density at radius 3 is 2.64 bits per heavy atom. The second-order valence-electron chi connectivity index (χ2n) is 3.93. The number of halogens is 1. The van der Waals surface area contributed by atoms with Gasteiger partial charge < -0.3 is 5.32 Å². The van der Waals surface area contributed by atoms with Gasteiger partial charge in [-0.2, -0.15) is 0 Å². The van der Waals surface area contributed by atoms with E-state index in [9.17, 15) is 0 Å². The van der Waals surface area contributed by atoms with Gasteiger partial charge in [-0.15, -0.1) is 10.2 Å². The Labute approximate surface area is 91.7 Å². The zero-order valence-electron chi connectivity index (χ0n) is 8.29. The Balaban J connectivity index is 2.00. The molecule has 0 atom stereocenters. The van der Waals surface area contributed by atoms with Crippen molar-refractivity contribution in [3.05, 3.63) is 10.3 Å². The van der Waals surface area contributed by atoms with Crippen molar-refractivity contribution in [1.82, 2.24) is 15.2 Å². The standard InChI is InChI=1S/C9H13BrN4/c1-5-3-7(4-5)12-9-11-6(2)8(10)13-14-9/h5,7H,3-4H2,1-2H3,(H,11,12,14). The van der Waals surface area contributed by atoms with Crippen molar-refractivity contribution in [2.24, 2.45) is 5.92 Å². The molecule has 0 spiro atoms. The number of aryl methyl sites for hydroxylation is 1. The van der Waals surface area contributed by atoms with Gasteiger partial charge in [-0.3, -0.25) is 0 Å². The van der Waals surface area contributed by atoms with Crippen molar-refractivity contribution < 1.29 is 0 Å². The van der Waals surface area contributed by atoms with E-state index < -0.39 is 0 Å². The second-order valence-corrected chi connectivity index (χ2v) is 4.68. The molecule has 1 heterocycles. The predicted octanol–water partition coefficient (Wildman–Crippen LogP) is 2.15. The monoisotopic (exact) mass is 256 g/mol. The normalized spacial score (nSPS) is 25.6. The maximum absolute atomic E-state index is 4.29. The summed E-state index contributed by atoms with van der Waals surface area (Å²) in [4.78, 5) is 4.29. The quantitative estimate of drug-likeness (QED) is 0.881. The van der Waals surface area contributed by atoms with Crippen molar-refractivity contribution in [1.29, 1.82) is 0 Å². The number of hydrogen-bond acceptors (Lipinski definition) is 4. The van der Waals surface area contributed by atoms with Gasteiger partial charge in [-0.1, -0.05) is 6.92 Å². The van der Waals surface area contributed by atoms with Crippen LogP contribution in [0.25, 0.3) is 0 Å². The van der Waals surface area contributed by atoms with Gasteiger partial charge in [-0.25, -0.2) is 4.98 Å². The largest absolute Gasteiger partial charge is 0.350 e. The molecule has 0 radical (unpaired) electrons. The van der Waals surface area contributed by atoms with Gasteiger partial charge in [0.05, 0.1) is 5.69 Å². The molecule has 0 amide bonds. The second kappa shape index (κ2) is 3.81. The lowest BCUT2D eigenvalue weighted by Gasteiger charge is -2.33. The van der Waals surface area contributed by atoms with Crippen LogP contribution in [-0.4, -0.2) is 21.2 Å². The summed E-state index contributed by atoms with van der Waals surface area (Å²) in [5, 5.41) is 11.2. The van der Waals surface area contributed by atoms with Crippen molar-refractivity contribution in [3.63, 3.8) is 0 Å². The van der Waals surface area contributed by atoms with E-state index in [1.807, 2.05) is 6.92 Å². The van der Waals surface area contributed by atoms with E-state index in [2.05, 4.69) is 43.4 Å². The minimum Gasteiger partial charge on any atom is -0.350 e. The van der Waals surface area contributed by atoms with Gasteiger partial charge in [0, 0.05) is 6.04 Å². The first kappa shape index (κ1) is 9.83. The third kappa shape index (κ3) is 2.03. The Hall–Kier alpha value is -0.710. The van der Waals surface area contributed by atoms with Gasteiger partial charge in [-0.05, 0) is 41.6 Å². The molecule has 4 nitrogen and oxygen atoms in total. The SMILES string of the molecule is Cc1nc(NC2CC(C)C2)nnc1Br. The lowest BCUT2D eigenvalue weighted by molar-refractivity contribution is 0.307. The van der Waals surface area contributed by atoms with Crippen LogP contribution >= 0.6 is 15.9 Å². The highest BCUT2D eigenvalue weighted by molar-refractivity contribution is 9.10. The number of hydrogen-bond donors (Lipinski definition) is 1. The molecule has 1 fully saturated rings. The van der Waals surface area contributed by atoms with Crippen LogP contribution in [0.3, 0.4) is 0 Å². The zero-order chi connectivity index (χ0) is 10.1. The topological polar surface area (TPSA) is 50.7 Å². The molecule has 0 unspecified atom stereocenters. The fourth-order valence-corrected chi connectivity index (χ4v) is 1.82. The third-order valence-corrected chi connectivity index (χ3v) is 3.24. The zero-order valence-corrected chi connectivity index (χ0v) is 9.87. The maximum Gasteiger partial charge on any atom is 0.243 e. The number of rotatable bonds is 2. The van der Waals surface area contributed by atoms with Crippen LogP contribution in [0.5, 0.6) is 0 Å². The average molecular weight is 257 g/mol. The molecule has 1 aromatic heterocycles. The van der Waals surface area contributed by atoms with Crippen LogP contribution in [0.4, 0.5) is 5.95 Å². The van der Waals surface area contributed by atoms with Gasteiger partial charge in [0.25, 0.3) is 0 Å². The smallest absolute Gasteiger partial charge is 0.243 e. The highest BCUT2D eigenvalue weighted by Crippen LogP contribution is 2.28. The molecule has 1 aromatic rings. The highest BCUT2D eigenvalue weighted by atomic mass is 79.9. The molecule has 0 bridgehead atoms. The number of aromatic nitrogens is 3. The predicted molar refractivity (Wildman–Crippen MR) is 58.1 cm³/mol. The number of anilines is 1. The van der Waals surface area contributed by atoms with E-state index in [1.165, 1.54) is 12.8 Å². The van der Waals surface area contributed by atoms with Crippen LogP contribution in [-0.2, 0) is 0 Å². The summed E-state index contributed by atoms with van der Waals surface area (Å²) >= 11 is 3.27. The Morgan fingerprint density at radius 2 is 2.07 bits per heavy atom. The van der Waals surface area contributed by atoms with Crippen molar-refractivity contribution >= 4 is 21.9 Å². The van der Waals surface area contributed by atoms with Crippen molar-refractivity contribution in [2.75, 3.05) is 5.32 Å². The summed E-state index contributed by atoms with van der Waals surface area (Å²) in [6, 6.07) is 0.535. The summed E-state index contributed by atoms with van der Waals surface area (Å²) in [6.45, 7) is 4.16. The lowest BCUT2D eigenvalue weighted by atomic mass is 9.82. The molecule has 1 saturated carbocycles. The van der Waals surface area contributed by atoms with Crippen molar-refractivity contribution in [3.8, 4) is 0 Å². The van der Waals surface area contributed by atoms with E-state index in [0.29, 0.717) is 16.6 Å². The van der Waals surface area contributed by atoms with Crippen LogP contribution in [0.15, 0.2) is 4.60 Å². The van der Waals surface area contributed by atoms with E-state index in [-0.39, 0.29) is 0 Å². The molecule has 5 heteroatoms. The summed E-state index contributed by atoms with van der Waals surface area (Å²) in [5.41, 5.74) is 0.870. The molecule has 1 aliphatic rings. The van der Waals surface area contributed by atoms with Crippen molar-refractivity contribution in [2.45, 2.75) is 32.7 Å². The summed E-state index contributed by atoms with van der Waals surface area (Å²) < 4.78 is 0.713. The summed E-state index contributed by atoms with van der Waals surface area (Å²) in [5.74, 6) is 1.47. The first-order chi connectivity index (χ1) is 6.65. The molecule has 1 aliphatic carbocycles. The average Bonchev–Trinajstić information content (AvgIpc) is 2.09. The molecular weight excluding hydrogens is 244 g/mol. The number of nitrogens with zero attached hydrogens (tertiary/aromatic N) is 3. The van der Waals surface area contributed by atoms with E-state index in [0.717, 1.165) is 11.6 Å². The van der Waals surface area contributed by atoms with E-state index in [4.69, 9.17) is 0 Å². The highest BCUT2D eigenvalue weighted by Gasteiger charge is 2.25. The van der Waals surface area contributed by atoms with Gasteiger partial charge in [0.2, 0.25) is 5.95 Å². The molecule has 2 rings (SSSR count). The lowest BCUT2D eigenvalue weighted by Crippen LogP contribution is -2.34. The van der Waals surface area contributed by atoms with E-state index >= 15 is 0 Å². The van der Waals surface area contributed by atoms with Crippen LogP contribution in [0.2, 0.25) is 0 Å². The van der Waals surface area contributed by atoms with E-state index in [1.54, 1.807) is 0 Å². The number of nitrogens with one attached hydrogen (secondary N) is 1. The van der Waals surface area contributed by atoms with Gasteiger partial charge in [0.15, 0.2) is 0 Å². The summed E-state index contributed by atoms with van der Waals surface area (Å²) in [7, 11) is 0. The van der Waals surface area contributed by atoms with Crippen LogP contribution in [0, 0.1) is 12.8 Å². The Morgan fingerprint density at radius 1 is 1.36 bits per heavy atom. The third-order valence-electron chi connectivity index (χ3n) is 2.51. The molecule has 76 valence electrons. The first-order valence-corrected chi connectivity index (χ1v) is 5.58. The molecule has 0 aromatic carbocycles.